The molecule has 0 aromatic carbocycles. The molecule has 0 aliphatic heterocycles. The van der Waals surface area contributed by atoms with E-state index in [2.05, 4.69) is 0 Å². The third-order valence-electron chi connectivity index (χ3n) is 3.66. The fourth-order valence-corrected chi connectivity index (χ4v) is 5.11. The zero-order valence-electron chi connectivity index (χ0n) is 9.26. The molecule has 0 aromatic rings. The highest BCUT2D eigenvalue weighted by molar-refractivity contribution is 7.93. The van der Waals surface area contributed by atoms with Crippen LogP contribution in [0.3, 0.4) is 0 Å². The first-order valence-electron chi connectivity index (χ1n) is 5.99. The molecule has 2 fully saturated rings. The molecule has 92 valence electrons. The minimum absolute atomic E-state index is 0.121. The van der Waals surface area contributed by atoms with Crippen molar-refractivity contribution in [1.82, 2.24) is 0 Å². The maximum absolute atomic E-state index is 12.2. The van der Waals surface area contributed by atoms with E-state index in [1.807, 2.05) is 0 Å². The number of hydrogen-bond donors (Lipinski definition) is 1. The van der Waals surface area contributed by atoms with Crippen LogP contribution in [0.2, 0.25) is 0 Å². The standard InChI is InChI=1S/C11H18O4S/c12-11(13)10(8-6-7-8)16(14,15)9-4-2-1-3-5-9/h8-10H,1-7H2,(H,12,13). The first-order valence-corrected chi connectivity index (χ1v) is 7.60. The Bertz CT molecular complexity index is 363. The lowest BCUT2D eigenvalue weighted by Crippen LogP contribution is -2.40. The molecule has 2 aliphatic carbocycles. The van der Waals surface area contributed by atoms with E-state index in [4.69, 9.17) is 5.11 Å². The van der Waals surface area contributed by atoms with E-state index in [-0.39, 0.29) is 5.92 Å². The number of carboxylic acid groups (broad SMARTS) is 1. The number of carboxylic acids is 1. The van der Waals surface area contributed by atoms with E-state index in [1.165, 1.54) is 0 Å². The molecule has 16 heavy (non-hydrogen) atoms. The zero-order valence-corrected chi connectivity index (χ0v) is 10.1. The molecule has 0 heterocycles. The number of sulfone groups is 1. The summed E-state index contributed by atoms with van der Waals surface area (Å²) in [5, 5.41) is 7.54. The second kappa shape index (κ2) is 4.35. The van der Waals surface area contributed by atoms with Gasteiger partial charge in [0, 0.05) is 0 Å². The summed E-state index contributed by atoms with van der Waals surface area (Å²) >= 11 is 0. The molecule has 0 spiro atoms. The summed E-state index contributed by atoms with van der Waals surface area (Å²) < 4.78 is 24.5. The van der Waals surface area contributed by atoms with Crippen molar-refractivity contribution in [1.29, 1.82) is 0 Å². The second-order valence-electron chi connectivity index (χ2n) is 4.95. The Hall–Kier alpha value is -0.580. The summed E-state index contributed by atoms with van der Waals surface area (Å²) in [6.45, 7) is 0. The predicted molar refractivity (Wildman–Crippen MR) is 59.9 cm³/mol. The highest BCUT2D eigenvalue weighted by Crippen LogP contribution is 2.39. The second-order valence-corrected chi connectivity index (χ2v) is 7.30. The van der Waals surface area contributed by atoms with Crippen molar-refractivity contribution in [2.45, 2.75) is 55.4 Å². The van der Waals surface area contributed by atoms with Gasteiger partial charge in [0.1, 0.15) is 0 Å². The summed E-state index contributed by atoms with van der Waals surface area (Å²) in [6.07, 6.45) is 5.72. The Labute approximate surface area is 96.0 Å². The van der Waals surface area contributed by atoms with E-state index in [0.29, 0.717) is 12.8 Å². The molecule has 2 aliphatic rings. The highest BCUT2D eigenvalue weighted by Gasteiger charge is 2.48. The molecule has 1 unspecified atom stereocenters. The van der Waals surface area contributed by atoms with Crippen molar-refractivity contribution in [2.75, 3.05) is 0 Å². The average Bonchev–Trinajstić information content (AvgIpc) is 3.02. The first-order chi connectivity index (χ1) is 7.53. The van der Waals surface area contributed by atoms with E-state index < -0.39 is 26.3 Å². The lowest BCUT2D eigenvalue weighted by molar-refractivity contribution is -0.136. The van der Waals surface area contributed by atoms with E-state index in [1.54, 1.807) is 0 Å². The fourth-order valence-electron chi connectivity index (χ4n) is 2.61. The topological polar surface area (TPSA) is 71.4 Å². The van der Waals surface area contributed by atoms with Gasteiger partial charge < -0.3 is 5.11 Å². The van der Waals surface area contributed by atoms with E-state index >= 15 is 0 Å². The Kier molecular flexibility index (Phi) is 3.24. The van der Waals surface area contributed by atoms with Crippen LogP contribution in [0.5, 0.6) is 0 Å². The summed E-state index contributed by atoms with van der Waals surface area (Å²) in [4.78, 5) is 11.1. The van der Waals surface area contributed by atoms with Crippen molar-refractivity contribution in [3.05, 3.63) is 0 Å². The Balaban J connectivity index is 2.17. The summed E-state index contributed by atoms with van der Waals surface area (Å²) in [6, 6.07) is 0. The van der Waals surface area contributed by atoms with Gasteiger partial charge in [0.2, 0.25) is 0 Å². The van der Waals surface area contributed by atoms with Crippen LogP contribution in [-0.2, 0) is 14.6 Å². The van der Waals surface area contributed by atoms with Crippen LogP contribution in [0.25, 0.3) is 0 Å². The van der Waals surface area contributed by atoms with Gasteiger partial charge in [0.15, 0.2) is 15.1 Å². The van der Waals surface area contributed by atoms with Gasteiger partial charge in [0.05, 0.1) is 5.25 Å². The maximum atomic E-state index is 12.2. The summed E-state index contributed by atoms with van der Waals surface area (Å²) in [5.41, 5.74) is 0. The zero-order chi connectivity index (χ0) is 11.8. The van der Waals surface area contributed by atoms with Crippen LogP contribution in [0.1, 0.15) is 44.9 Å². The molecule has 0 radical (unpaired) electrons. The van der Waals surface area contributed by atoms with Crippen LogP contribution < -0.4 is 0 Å². The number of rotatable bonds is 4. The lowest BCUT2D eigenvalue weighted by atomic mass is 10.0. The van der Waals surface area contributed by atoms with Crippen molar-refractivity contribution in [3.63, 3.8) is 0 Å². The van der Waals surface area contributed by atoms with Gasteiger partial charge in [-0.15, -0.1) is 0 Å². The lowest BCUT2D eigenvalue weighted by Gasteiger charge is -2.25. The van der Waals surface area contributed by atoms with Crippen molar-refractivity contribution >= 4 is 15.8 Å². The van der Waals surface area contributed by atoms with Gasteiger partial charge in [-0.05, 0) is 31.6 Å². The third kappa shape index (κ3) is 2.24. The van der Waals surface area contributed by atoms with Crippen LogP contribution in [0, 0.1) is 5.92 Å². The molecule has 0 bridgehead atoms. The van der Waals surface area contributed by atoms with E-state index in [0.717, 1.165) is 32.1 Å². The van der Waals surface area contributed by atoms with Crippen molar-refractivity contribution < 1.29 is 18.3 Å². The van der Waals surface area contributed by atoms with Gasteiger partial charge >= 0.3 is 5.97 Å². The largest absolute Gasteiger partial charge is 0.480 e. The summed E-state index contributed by atoms with van der Waals surface area (Å²) in [7, 11) is -3.46. The Morgan fingerprint density at radius 1 is 1.06 bits per heavy atom. The molecular formula is C11H18O4S. The molecule has 2 saturated carbocycles. The van der Waals surface area contributed by atoms with Crippen molar-refractivity contribution in [2.24, 2.45) is 5.92 Å². The van der Waals surface area contributed by atoms with Crippen LogP contribution in [-0.4, -0.2) is 30.0 Å². The molecule has 1 atom stereocenters. The SMILES string of the molecule is O=C(O)C(C1CC1)S(=O)(=O)C1CCCCC1. The molecule has 5 heteroatoms. The molecule has 1 N–H and O–H groups in total. The minimum Gasteiger partial charge on any atom is -0.480 e. The smallest absolute Gasteiger partial charge is 0.322 e. The fraction of sp³-hybridized carbons (Fsp3) is 0.909. The van der Waals surface area contributed by atoms with Gasteiger partial charge in [-0.2, -0.15) is 0 Å². The normalized spacial score (nSPS) is 25.2. The molecule has 0 saturated heterocycles. The van der Waals surface area contributed by atoms with Crippen LogP contribution >= 0.6 is 0 Å². The molecule has 2 rings (SSSR count). The monoisotopic (exact) mass is 246 g/mol. The summed E-state index contributed by atoms with van der Waals surface area (Å²) in [5.74, 6) is -1.27. The molecule has 4 nitrogen and oxygen atoms in total. The molecular weight excluding hydrogens is 228 g/mol. The quantitative estimate of drug-likeness (QED) is 0.817. The minimum atomic E-state index is -3.46. The average molecular weight is 246 g/mol. The Morgan fingerprint density at radius 3 is 2.06 bits per heavy atom. The predicted octanol–water partition coefficient (Wildman–Crippen LogP) is 1.60. The van der Waals surface area contributed by atoms with Crippen LogP contribution in [0.15, 0.2) is 0 Å². The maximum Gasteiger partial charge on any atom is 0.322 e. The van der Waals surface area contributed by atoms with Gasteiger partial charge in [-0.25, -0.2) is 8.42 Å². The van der Waals surface area contributed by atoms with Crippen molar-refractivity contribution in [3.8, 4) is 0 Å². The van der Waals surface area contributed by atoms with Crippen LogP contribution in [0.4, 0.5) is 0 Å². The van der Waals surface area contributed by atoms with Gasteiger partial charge in [-0.1, -0.05) is 19.3 Å². The number of carbonyl (C=O) groups is 1. The highest BCUT2D eigenvalue weighted by atomic mass is 32.2. The van der Waals surface area contributed by atoms with E-state index in [9.17, 15) is 13.2 Å². The van der Waals surface area contributed by atoms with Gasteiger partial charge in [0.25, 0.3) is 0 Å². The number of hydrogen-bond acceptors (Lipinski definition) is 3. The first kappa shape index (κ1) is 11.9. The number of aliphatic carboxylic acids is 1. The third-order valence-corrected chi connectivity index (χ3v) is 6.36. The Morgan fingerprint density at radius 2 is 1.62 bits per heavy atom. The molecule has 0 amide bonds. The van der Waals surface area contributed by atoms with Gasteiger partial charge in [-0.3, -0.25) is 4.79 Å². The molecule has 0 aromatic heterocycles.